The second kappa shape index (κ2) is 9.00. The maximum Gasteiger partial charge on any atom is 0.317 e. The average molecular weight is 230 g/mol. The first-order valence-electron chi connectivity index (χ1n) is 5.67. The number of nitrogens with zero attached hydrogens (tertiary/aromatic N) is 1. The van der Waals surface area contributed by atoms with E-state index in [0.29, 0.717) is 19.5 Å². The lowest BCUT2D eigenvalue weighted by atomic mass is 10.2. The Morgan fingerprint density at radius 2 is 1.94 bits per heavy atom. The smallest absolute Gasteiger partial charge is 0.317 e. The maximum absolute atomic E-state index is 11.3. The summed E-state index contributed by atoms with van der Waals surface area (Å²) in [6.45, 7) is 3.29. The molecule has 0 aromatic carbocycles. The monoisotopic (exact) mass is 230 g/mol. The van der Waals surface area contributed by atoms with Crippen LogP contribution in [0.5, 0.6) is 0 Å². The van der Waals surface area contributed by atoms with E-state index >= 15 is 0 Å². The Balaban J connectivity index is 3.33. The zero-order valence-corrected chi connectivity index (χ0v) is 10.4. The first-order chi connectivity index (χ1) is 7.61. The summed E-state index contributed by atoms with van der Waals surface area (Å²) >= 11 is 0. The van der Waals surface area contributed by atoms with E-state index in [1.54, 1.807) is 11.9 Å². The molecule has 0 spiro atoms. The molecule has 0 aliphatic carbocycles. The van der Waals surface area contributed by atoms with Crippen molar-refractivity contribution in [1.29, 1.82) is 0 Å². The van der Waals surface area contributed by atoms with Crippen LogP contribution in [0.15, 0.2) is 0 Å². The molecule has 0 saturated heterocycles. The van der Waals surface area contributed by atoms with Crippen LogP contribution in [0.1, 0.15) is 32.6 Å². The summed E-state index contributed by atoms with van der Waals surface area (Å²) in [5.41, 5.74) is 0. The molecule has 94 valence electrons. The molecular formula is C11H22N2O3. The molecule has 5 heteroatoms. The molecule has 0 bridgehead atoms. The highest BCUT2D eigenvalue weighted by Gasteiger charge is 2.04. The van der Waals surface area contributed by atoms with Gasteiger partial charge < -0.3 is 15.0 Å². The molecule has 0 aliphatic heterocycles. The fraction of sp³-hybridized carbons (Fsp3) is 0.818. The summed E-state index contributed by atoms with van der Waals surface area (Å²) in [5, 5.41) is 2.81. The molecule has 0 unspecified atom stereocenters. The van der Waals surface area contributed by atoms with Gasteiger partial charge in [0.25, 0.3) is 0 Å². The van der Waals surface area contributed by atoms with Crippen molar-refractivity contribution in [1.82, 2.24) is 10.2 Å². The molecule has 0 aromatic rings. The second-order valence-corrected chi connectivity index (χ2v) is 3.63. The van der Waals surface area contributed by atoms with Gasteiger partial charge in [0.05, 0.1) is 7.11 Å². The van der Waals surface area contributed by atoms with Gasteiger partial charge in [-0.05, 0) is 19.8 Å². The molecule has 2 amide bonds. The summed E-state index contributed by atoms with van der Waals surface area (Å²) in [4.78, 5) is 23.7. The molecule has 5 nitrogen and oxygen atoms in total. The van der Waals surface area contributed by atoms with E-state index in [1.807, 2.05) is 6.92 Å². The van der Waals surface area contributed by atoms with Crippen molar-refractivity contribution in [2.24, 2.45) is 0 Å². The van der Waals surface area contributed by atoms with E-state index in [4.69, 9.17) is 0 Å². The Morgan fingerprint density at radius 3 is 2.50 bits per heavy atom. The van der Waals surface area contributed by atoms with E-state index in [2.05, 4.69) is 10.1 Å². The van der Waals surface area contributed by atoms with Crippen LogP contribution in [0.3, 0.4) is 0 Å². The molecule has 0 saturated carbocycles. The summed E-state index contributed by atoms with van der Waals surface area (Å²) in [6.07, 6.45) is 3.08. The molecular weight excluding hydrogens is 208 g/mol. The van der Waals surface area contributed by atoms with Gasteiger partial charge in [0, 0.05) is 26.6 Å². The van der Waals surface area contributed by atoms with Gasteiger partial charge in [0.2, 0.25) is 0 Å². The van der Waals surface area contributed by atoms with Gasteiger partial charge in [0.15, 0.2) is 0 Å². The molecule has 0 fully saturated rings. The number of hydrogen-bond acceptors (Lipinski definition) is 3. The first-order valence-corrected chi connectivity index (χ1v) is 5.67. The Bertz CT molecular complexity index is 219. The number of hydrogen-bond donors (Lipinski definition) is 1. The number of rotatable bonds is 7. The van der Waals surface area contributed by atoms with Gasteiger partial charge >= 0.3 is 12.0 Å². The summed E-state index contributed by atoms with van der Waals surface area (Å²) in [6, 6.07) is -0.0459. The maximum atomic E-state index is 11.3. The van der Waals surface area contributed by atoms with Crippen molar-refractivity contribution < 1.29 is 14.3 Å². The molecule has 16 heavy (non-hydrogen) atoms. The first kappa shape index (κ1) is 14.7. The van der Waals surface area contributed by atoms with Crippen molar-refractivity contribution >= 4 is 12.0 Å². The number of urea groups is 1. The zero-order valence-electron chi connectivity index (χ0n) is 10.4. The largest absolute Gasteiger partial charge is 0.469 e. The number of carbonyl (C=O) groups is 2. The lowest BCUT2D eigenvalue weighted by Gasteiger charge is -2.15. The minimum atomic E-state index is -0.172. The molecule has 0 aromatic heterocycles. The molecule has 0 rings (SSSR count). The fourth-order valence-corrected chi connectivity index (χ4v) is 1.15. The fourth-order valence-electron chi connectivity index (χ4n) is 1.15. The molecule has 0 heterocycles. The van der Waals surface area contributed by atoms with E-state index in [9.17, 15) is 9.59 Å². The molecule has 0 radical (unpaired) electrons. The van der Waals surface area contributed by atoms with Crippen molar-refractivity contribution in [2.45, 2.75) is 32.6 Å². The van der Waals surface area contributed by atoms with E-state index in [-0.39, 0.29) is 12.0 Å². The van der Waals surface area contributed by atoms with Crippen LogP contribution in [0, 0.1) is 0 Å². The third-order valence-electron chi connectivity index (χ3n) is 2.38. The summed E-state index contributed by atoms with van der Waals surface area (Å²) in [5.74, 6) is -0.172. The SMILES string of the molecule is CCN(C)C(=O)NCCCCCC(=O)OC. The number of methoxy groups -OCH3 is 1. The van der Waals surface area contributed by atoms with Crippen molar-refractivity contribution in [2.75, 3.05) is 27.2 Å². The normalized spacial score (nSPS) is 9.69. The van der Waals surface area contributed by atoms with E-state index < -0.39 is 0 Å². The number of unbranched alkanes of at least 4 members (excludes halogenated alkanes) is 2. The van der Waals surface area contributed by atoms with Gasteiger partial charge in [0.1, 0.15) is 0 Å². The Morgan fingerprint density at radius 1 is 1.25 bits per heavy atom. The van der Waals surface area contributed by atoms with Crippen LogP contribution in [-0.2, 0) is 9.53 Å². The van der Waals surface area contributed by atoms with Gasteiger partial charge in [-0.15, -0.1) is 0 Å². The number of nitrogens with one attached hydrogen (secondary N) is 1. The number of ether oxygens (including phenoxy) is 1. The van der Waals surface area contributed by atoms with E-state index in [1.165, 1.54) is 7.11 Å². The lowest BCUT2D eigenvalue weighted by molar-refractivity contribution is -0.140. The van der Waals surface area contributed by atoms with Gasteiger partial charge in [-0.25, -0.2) is 4.79 Å². The topological polar surface area (TPSA) is 58.6 Å². The molecule has 1 N–H and O–H groups in total. The summed E-state index contributed by atoms with van der Waals surface area (Å²) < 4.78 is 4.53. The number of amides is 2. The van der Waals surface area contributed by atoms with Crippen molar-refractivity contribution in [3.63, 3.8) is 0 Å². The minimum absolute atomic E-state index is 0.0459. The van der Waals surface area contributed by atoms with Crippen LogP contribution in [0.4, 0.5) is 4.79 Å². The second-order valence-electron chi connectivity index (χ2n) is 3.63. The lowest BCUT2D eigenvalue weighted by Crippen LogP contribution is -2.37. The van der Waals surface area contributed by atoms with Gasteiger partial charge in [-0.3, -0.25) is 4.79 Å². The van der Waals surface area contributed by atoms with Gasteiger partial charge in [-0.2, -0.15) is 0 Å². The van der Waals surface area contributed by atoms with E-state index in [0.717, 1.165) is 19.3 Å². The molecule has 0 aliphatic rings. The molecule has 0 atom stereocenters. The van der Waals surface area contributed by atoms with Crippen molar-refractivity contribution in [3.8, 4) is 0 Å². The number of carbonyl (C=O) groups excluding carboxylic acids is 2. The Hall–Kier alpha value is -1.26. The highest BCUT2D eigenvalue weighted by atomic mass is 16.5. The third-order valence-corrected chi connectivity index (χ3v) is 2.38. The van der Waals surface area contributed by atoms with Crippen LogP contribution in [-0.4, -0.2) is 44.1 Å². The highest BCUT2D eigenvalue weighted by Crippen LogP contribution is 2.00. The minimum Gasteiger partial charge on any atom is -0.469 e. The third kappa shape index (κ3) is 7.09. The average Bonchev–Trinajstić information content (AvgIpc) is 2.31. The number of esters is 1. The predicted molar refractivity (Wildman–Crippen MR) is 62.2 cm³/mol. The summed E-state index contributed by atoms with van der Waals surface area (Å²) in [7, 11) is 3.15. The van der Waals surface area contributed by atoms with Gasteiger partial charge in [-0.1, -0.05) is 6.42 Å². The standard InChI is InChI=1S/C11H22N2O3/c1-4-13(2)11(15)12-9-7-5-6-8-10(14)16-3/h4-9H2,1-3H3,(H,12,15). The Labute approximate surface area is 97.1 Å². The van der Waals surface area contributed by atoms with Crippen LogP contribution < -0.4 is 5.32 Å². The van der Waals surface area contributed by atoms with Crippen molar-refractivity contribution in [3.05, 3.63) is 0 Å². The highest BCUT2D eigenvalue weighted by molar-refractivity contribution is 5.73. The zero-order chi connectivity index (χ0) is 12.4. The van der Waals surface area contributed by atoms with Crippen LogP contribution in [0.2, 0.25) is 0 Å². The Kier molecular flexibility index (Phi) is 8.29. The predicted octanol–water partition coefficient (Wildman–Crippen LogP) is 1.38. The quantitative estimate of drug-likeness (QED) is 0.531. The van der Waals surface area contributed by atoms with Crippen LogP contribution in [0.25, 0.3) is 0 Å². The van der Waals surface area contributed by atoms with Crippen LogP contribution >= 0.6 is 0 Å².